The van der Waals surface area contributed by atoms with Crippen LogP contribution in [0.3, 0.4) is 0 Å². The smallest absolute Gasteiger partial charge is 0.351 e. The van der Waals surface area contributed by atoms with E-state index in [1.165, 1.54) is 12.1 Å². The predicted octanol–water partition coefficient (Wildman–Crippen LogP) is 3.09. The Hall–Kier alpha value is -2.42. The maximum atomic E-state index is 12.7. The van der Waals surface area contributed by atoms with Gasteiger partial charge in [-0.3, -0.25) is 14.9 Å². The van der Waals surface area contributed by atoms with Crippen molar-refractivity contribution >= 4 is 28.3 Å². The van der Waals surface area contributed by atoms with Gasteiger partial charge >= 0.3 is 6.18 Å². The number of aromatic nitrogens is 1. The van der Waals surface area contributed by atoms with Crippen molar-refractivity contribution < 1.29 is 22.8 Å². The maximum absolute atomic E-state index is 12.7. The molecule has 0 atom stereocenters. The second kappa shape index (κ2) is 6.23. The number of benzene rings is 1. The van der Waals surface area contributed by atoms with Crippen LogP contribution in [0.2, 0.25) is 0 Å². The molecule has 0 aliphatic carbocycles. The molecule has 126 valence electrons. The summed E-state index contributed by atoms with van der Waals surface area (Å²) in [4.78, 5) is 28.6. The van der Waals surface area contributed by atoms with Crippen LogP contribution in [-0.2, 0) is 12.6 Å². The lowest BCUT2D eigenvalue weighted by atomic mass is 10.1. The van der Waals surface area contributed by atoms with E-state index in [-0.39, 0.29) is 16.6 Å². The number of carbonyl (C=O) groups excluding carboxylic acids is 2. The van der Waals surface area contributed by atoms with Gasteiger partial charge in [-0.2, -0.15) is 13.2 Å². The SMILES string of the molecule is O=C(Nc1nc2c(s1)C(=O)NCCC2)c1cccc(C(F)(F)F)c1. The van der Waals surface area contributed by atoms with Gasteiger partial charge in [0.25, 0.3) is 11.8 Å². The van der Waals surface area contributed by atoms with Gasteiger partial charge < -0.3 is 5.32 Å². The summed E-state index contributed by atoms with van der Waals surface area (Å²) in [6.07, 6.45) is -3.18. The summed E-state index contributed by atoms with van der Waals surface area (Å²) in [6, 6.07) is 4.13. The highest BCUT2D eigenvalue weighted by molar-refractivity contribution is 7.17. The van der Waals surface area contributed by atoms with Crippen LogP contribution < -0.4 is 10.6 Å². The number of carbonyl (C=O) groups is 2. The zero-order valence-electron chi connectivity index (χ0n) is 12.2. The first-order chi connectivity index (χ1) is 11.3. The third kappa shape index (κ3) is 3.40. The molecule has 1 aliphatic heterocycles. The fraction of sp³-hybridized carbons (Fsp3) is 0.267. The molecule has 9 heteroatoms. The summed E-state index contributed by atoms with van der Waals surface area (Å²) in [5.74, 6) is -0.954. The number of hydrogen-bond acceptors (Lipinski definition) is 4. The molecular formula is C15H12F3N3O2S. The molecule has 2 aromatic rings. The summed E-state index contributed by atoms with van der Waals surface area (Å²) in [6.45, 7) is 0.563. The van der Waals surface area contributed by atoms with Gasteiger partial charge in [-0.25, -0.2) is 4.98 Å². The molecule has 2 heterocycles. The highest BCUT2D eigenvalue weighted by atomic mass is 32.1. The van der Waals surface area contributed by atoms with E-state index in [9.17, 15) is 22.8 Å². The Morgan fingerprint density at radius 2 is 2.12 bits per heavy atom. The van der Waals surface area contributed by atoms with Crippen LogP contribution in [0.4, 0.5) is 18.3 Å². The minimum atomic E-state index is -4.52. The fourth-order valence-corrected chi connectivity index (χ4v) is 3.22. The topological polar surface area (TPSA) is 71.1 Å². The van der Waals surface area contributed by atoms with Crippen molar-refractivity contribution in [3.05, 3.63) is 46.0 Å². The average molecular weight is 355 g/mol. The highest BCUT2D eigenvalue weighted by Crippen LogP contribution is 2.30. The third-order valence-electron chi connectivity index (χ3n) is 3.45. The van der Waals surface area contributed by atoms with Crippen LogP contribution in [0.15, 0.2) is 24.3 Å². The van der Waals surface area contributed by atoms with E-state index in [4.69, 9.17) is 0 Å². The first-order valence-electron chi connectivity index (χ1n) is 7.11. The van der Waals surface area contributed by atoms with Crippen LogP contribution in [-0.4, -0.2) is 23.3 Å². The van der Waals surface area contributed by atoms with Gasteiger partial charge in [-0.1, -0.05) is 17.4 Å². The lowest BCUT2D eigenvalue weighted by molar-refractivity contribution is -0.137. The van der Waals surface area contributed by atoms with Crippen LogP contribution >= 0.6 is 11.3 Å². The predicted molar refractivity (Wildman–Crippen MR) is 82.2 cm³/mol. The van der Waals surface area contributed by atoms with Gasteiger partial charge in [-0.05, 0) is 31.0 Å². The molecule has 1 aromatic heterocycles. The van der Waals surface area contributed by atoms with E-state index in [0.717, 1.165) is 29.9 Å². The van der Waals surface area contributed by atoms with Crippen molar-refractivity contribution in [3.63, 3.8) is 0 Å². The maximum Gasteiger partial charge on any atom is 0.416 e. The first-order valence-corrected chi connectivity index (χ1v) is 7.93. The molecule has 0 bridgehead atoms. The minimum Gasteiger partial charge on any atom is -0.351 e. The summed E-state index contributed by atoms with van der Waals surface area (Å²) in [5, 5.41) is 5.37. The number of fused-ring (bicyclic) bond motifs is 1. The monoisotopic (exact) mass is 355 g/mol. The van der Waals surface area contributed by atoms with Crippen LogP contribution in [0, 0.1) is 0 Å². The summed E-state index contributed by atoms with van der Waals surface area (Å²) >= 11 is 1.01. The molecule has 1 aromatic carbocycles. The van der Waals surface area contributed by atoms with Gasteiger partial charge in [0.15, 0.2) is 5.13 Å². The molecule has 0 spiro atoms. The van der Waals surface area contributed by atoms with Crippen LogP contribution in [0.5, 0.6) is 0 Å². The number of hydrogen-bond donors (Lipinski definition) is 2. The average Bonchev–Trinajstić information content (AvgIpc) is 2.85. The van der Waals surface area contributed by atoms with E-state index in [0.29, 0.717) is 23.5 Å². The summed E-state index contributed by atoms with van der Waals surface area (Å²) < 4.78 is 38.1. The van der Waals surface area contributed by atoms with Crippen molar-refractivity contribution in [3.8, 4) is 0 Å². The first kappa shape index (κ1) is 16.4. The Bertz CT molecular complexity index is 802. The summed E-state index contributed by atoms with van der Waals surface area (Å²) in [5.41, 5.74) is -0.432. The molecule has 3 rings (SSSR count). The van der Waals surface area contributed by atoms with Crippen molar-refractivity contribution in [2.75, 3.05) is 11.9 Å². The quantitative estimate of drug-likeness (QED) is 0.870. The van der Waals surface area contributed by atoms with Crippen molar-refractivity contribution in [2.45, 2.75) is 19.0 Å². The van der Waals surface area contributed by atoms with Crippen LogP contribution in [0.25, 0.3) is 0 Å². The lowest BCUT2D eigenvalue weighted by Crippen LogP contribution is -2.21. The Labute approximate surface area is 138 Å². The number of aryl methyl sites for hydroxylation is 1. The normalized spacial score (nSPS) is 14.5. The van der Waals surface area contributed by atoms with Gasteiger partial charge in [0.1, 0.15) is 4.88 Å². The van der Waals surface area contributed by atoms with Crippen molar-refractivity contribution in [1.82, 2.24) is 10.3 Å². The lowest BCUT2D eigenvalue weighted by Gasteiger charge is -2.08. The molecule has 5 nitrogen and oxygen atoms in total. The van der Waals surface area contributed by atoms with E-state index < -0.39 is 17.6 Å². The van der Waals surface area contributed by atoms with Gasteiger partial charge in [0.2, 0.25) is 0 Å². The molecule has 0 saturated carbocycles. The summed E-state index contributed by atoms with van der Waals surface area (Å²) in [7, 11) is 0. The Kier molecular flexibility index (Phi) is 4.27. The number of amides is 2. The van der Waals surface area contributed by atoms with Gasteiger partial charge in [0, 0.05) is 12.1 Å². The Morgan fingerprint density at radius 3 is 2.88 bits per heavy atom. The molecule has 1 aliphatic rings. The molecular weight excluding hydrogens is 343 g/mol. The number of rotatable bonds is 2. The number of nitrogens with zero attached hydrogens (tertiary/aromatic N) is 1. The fourth-order valence-electron chi connectivity index (χ4n) is 2.30. The molecule has 24 heavy (non-hydrogen) atoms. The minimum absolute atomic E-state index is 0.125. The number of nitrogens with one attached hydrogen (secondary N) is 2. The van der Waals surface area contributed by atoms with Crippen molar-refractivity contribution in [1.29, 1.82) is 0 Å². The number of thiazole rings is 1. The molecule has 0 radical (unpaired) electrons. The molecule has 0 unspecified atom stereocenters. The standard InChI is InChI=1S/C15H12F3N3O2S/c16-15(17,18)9-4-1-3-8(7-9)12(22)21-14-20-10-5-2-6-19-13(23)11(10)24-14/h1,3-4,7H,2,5-6H2,(H,19,23)(H,20,21,22). The Balaban J connectivity index is 1.81. The van der Waals surface area contributed by atoms with E-state index in [1.807, 2.05) is 0 Å². The van der Waals surface area contributed by atoms with Crippen molar-refractivity contribution in [2.24, 2.45) is 0 Å². The molecule has 2 N–H and O–H groups in total. The van der Waals surface area contributed by atoms with Gasteiger partial charge in [0.05, 0.1) is 11.3 Å². The van der Waals surface area contributed by atoms with E-state index in [1.54, 1.807) is 0 Å². The Morgan fingerprint density at radius 1 is 1.33 bits per heavy atom. The second-order valence-corrected chi connectivity index (χ2v) is 6.19. The van der Waals surface area contributed by atoms with E-state index >= 15 is 0 Å². The third-order valence-corrected chi connectivity index (χ3v) is 4.46. The highest BCUT2D eigenvalue weighted by Gasteiger charge is 2.31. The largest absolute Gasteiger partial charge is 0.416 e. The van der Waals surface area contributed by atoms with E-state index in [2.05, 4.69) is 15.6 Å². The number of alkyl halides is 3. The molecule has 2 amide bonds. The second-order valence-electron chi connectivity index (χ2n) is 5.19. The number of anilines is 1. The zero-order valence-corrected chi connectivity index (χ0v) is 13.1. The van der Waals surface area contributed by atoms with Crippen LogP contribution in [0.1, 0.15) is 37.7 Å². The molecule has 0 saturated heterocycles. The number of halogens is 3. The zero-order chi connectivity index (χ0) is 17.3. The van der Waals surface area contributed by atoms with Gasteiger partial charge in [-0.15, -0.1) is 0 Å². The molecule has 0 fully saturated rings.